The monoisotopic (exact) mass is 156 g/mol. The van der Waals surface area contributed by atoms with Crippen LogP contribution < -0.4 is 5.32 Å². The molecule has 0 saturated carbocycles. The van der Waals surface area contributed by atoms with Gasteiger partial charge in [0, 0.05) is 19.6 Å². The van der Waals surface area contributed by atoms with Crippen molar-refractivity contribution in [2.45, 2.75) is 25.5 Å². The molecule has 3 heteroatoms. The zero-order chi connectivity index (χ0) is 7.90. The van der Waals surface area contributed by atoms with Crippen molar-refractivity contribution in [1.82, 2.24) is 10.2 Å². The van der Waals surface area contributed by atoms with E-state index in [1.165, 1.54) is 0 Å². The highest BCUT2D eigenvalue weighted by Crippen LogP contribution is 2.27. The highest BCUT2D eigenvalue weighted by atomic mass is 16.5. The summed E-state index contributed by atoms with van der Waals surface area (Å²) in [6.45, 7) is 8.48. The molecular formula is C8H16N2O. The summed E-state index contributed by atoms with van der Waals surface area (Å²) in [4.78, 5) is 2.41. The van der Waals surface area contributed by atoms with Crippen molar-refractivity contribution in [3.8, 4) is 0 Å². The van der Waals surface area contributed by atoms with Crippen molar-refractivity contribution in [2.75, 3.05) is 26.4 Å². The van der Waals surface area contributed by atoms with Gasteiger partial charge in [0.15, 0.2) is 0 Å². The van der Waals surface area contributed by atoms with Crippen molar-refractivity contribution in [1.29, 1.82) is 0 Å². The number of hydrogen-bond donors (Lipinski definition) is 1. The summed E-state index contributed by atoms with van der Waals surface area (Å²) in [6, 6.07) is 0.580. The molecule has 0 aromatic heterocycles. The third-order valence-corrected chi connectivity index (χ3v) is 2.76. The molecule has 3 nitrogen and oxygen atoms in total. The predicted octanol–water partition coefficient (Wildman–Crippen LogP) is 0.0265. The summed E-state index contributed by atoms with van der Waals surface area (Å²) in [5, 5.41) is 3.39. The van der Waals surface area contributed by atoms with Gasteiger partial charge in [0.1, 0.15) is 6.73 Å². The van der Waals surface area contributed by atoms with Crippen LogP contribution >= 0.6 is 0 Å². The summed E-state index contributed by atoms with van der Waals surface area (Å²) in [6.07, 6.45) is 0. The Labute approximate surface area is 67.7 Å². The topological polar surface area (TPSA) is 24.5 Å². The minimum absolute atomic E-state index is 0.0490. The molecular weight excluding hydrogens is 140 g/mol. The number of hydrogen-bond acceptors (Lipinski definition) is 3. The van der Waals surface area contributed by atoms with E-state index < -0.39 is 0 Å². The Morgan fingerprint density at radius 1 is 1.55 bits per heavy atom. The van der Waals surface area contributed by atoms with Gasteiger partial charge in [-0.15, -0.1) is 0 Å². The van der Waals surface area contributed by atoms with Crippen molar-refractivity contribution < 1.29 is 4.74 Å². The quantitative estimate of drug-likeness (QED) is 0.535. The van der Waals surface area contributed by atoms with Crippen molar-refractivity contribution in [3.63, 3.8) is 0 Å². The molecule has 0 aliphatic carbocycles. The molecule has 1 atom stereocenters. The first kappa shape index (κ1) is 7.53. The van der Waals surface area contributed by atoms with Crippen LogP contribution in [-0.2, 0) is 4.74 Å². The van der Waals surface area contributed by atoms with Crippen LogP contribution in [0, 0.1) is 0 Å². The number of nitrogens with zero attached hydrogens (tertiary/aromatic N) is 1. The highest BCUT2D eigenvalue weighted by Gasteiger charge is 2.42. The fraction of sp³-hybridized carbons (Fsp3) is 1.00. The normalized spacial score (nSPS) is 37.1. The van der Waals surface area contributed by atoms with E-state index in [0.29, 0.717) is 6.04 Å². The van der Waals surface area contributed by atoms with Crippen LogP contribution in [0.3, 0.4) is 0 Å². The molecule has 1 unspecified atom stereocenters. The maximum Gasteiger partial charge on any atom is 0.100 e. The number of ether oxygens (including phenoxy) is 1. The lowest BCUT2D eigenvalue weighted by Gasteiger charge is -2.34. The van der Waals surface area contributed by atoms with E-state index >= 15 is 0 Å². The lowest BCUT2D eigenvalue weighted by Crippen LogP contribution is -2.54. The van der Waals surface area contributed by atoms with E-state index in [4.69, 9.17) is 4.74 Å². The molecule has 11 heavy (non-hydrogen) atoms. The van der Waals surface area contributed by atoms with Crippen LogP contribution in [0.5, 0.6) is 0 Å². The molecule has 0 amide bonds. The molecule has 2 saturated heterocycles. The molecule has 0 radical (unpaired) electrons. The number of fused-ring (bicyclic) bond motifs is 1. The summed E-state index contributed by atoms with van der Waals surface area (Å²) < 4.78 is 5.67. The van der Waals surface area contributed by atoms with Gasteiger partial charge < -0.3 is 10.1 Å². The molecule has 2 heterocycles. The summed E-state index contributed by atoms with van der Waals surface area (Å²) >= 11 is 0. The third-order valence-electron chi connectivity index (χ3n) is 2.76. The minimum atomic E-state index is 0.0490. The van der Waals surface area contributed by atoms with Crippen LogP contribution in [0.25, 0.3) is 0 Å². The van der Waals surface area contributed by atoms with Gasteiger partial charge in [-0.2, -0.15) is 0 Å². The standard InChI is InChI=1S/C8H16N2O/c1-8(2)7-5-9-3-4-10(7)6-11-8/h7,9H,3-6H2,1-2H3. The van der Waals surface area contributed by atoms with E-state index in [2.05, 4.69) is 24.1 Å². The first-order chi connectivity index (χ1) is 5.20. The molecule has 0 spiro atoms. The highest BCUT2D eigenvalue weighted by molar-refractivity contribution is 4.95. The maximum absolute atomic E-state index is 5.67. The lowest BCUT2D eigenvalue weighted by molar-refractivity contribution is 0.0256. The first-order valence-electron chi connectivity index (χ1n) is 4.29. The Bertz CT molecular complexity index is 158. The Morgan fingerprint density at radius 2 is 2.36 bits per heavy atom. The van der Waals surface area contributed by atoms with Gasteiger partial charge in [-0.3, -0.25) is 4.90 Å². The second-order valence-electron chi connectivity index (χ2n) is 3.91. The van der Waals surface area contributed by atoms with Crippen molar-refractivity contribution in [2.24, 2.45) is 0 Å². The molecule has 1 N–H and O–H groups in total. The van der Waals surface area contributed by atoms with Crippen LogP contribution in [0.15, 0.2) is 0 Å². The molecule has 2 rings (SSSR count). The van der Waals surface area contributed by atoms with E-state index in [1.54, 1.807) is 0 Å². The van der Waals surface area contributed by atoms with Gasteiger partial charge in [-0.05, 0) is 13.8 Å². The third kappa shape index (κ3) is 1.17. The van der Waals surface area contributed by atoms with Gasteiger partial charge in [0.2, 0.25) is 0 Å². The Hall–Kier alpha value is -0.120. The zero-order valence-corrected chi connectivity index (χ0v) is 7.26. The molecule has 2 fully saturated rings. The average molecular weight is 156 g/mol. The van der Waals surface area contributed by atoms with Crippen molar-refractivity contribution >= 4 is 0 Å². The van der Waals surface area contributed by atoms with Gasteiger partial charge in [-0.1, -0.05) is 0 Å². The molecule has 0 aromatic rings. The van der Waals surface area contributed by atoms with Crippen molar-refractivity contribution in [3.05, 3.63) is 0 Å². The fourth-order valence-electron chi connectivity index (χ4n) is 1.93. The van der Waals surface area contributed by atoms with Crippen LogP contribution in [0.4, 0.5) is 0 Å². The Kier molecular flexibility index (Phi) is 1.67. The smallest absolute Gasteiger partial charge is 0.100 e. The number of piperazine rings is 1. The van der Waals surface area contributed by atoms with Gasteiger partial charge in [0.05, 0.1) is 11.6 Å². The van der Waals surface area contributed by atoms with Gasteiger partial charge >= 0.3 is 0 Å². The minimum Gasteiger partial charge on any atom is -0.359 e. The second kappa shape index (κ2) is 2.44. The molecule has 64 valence electrons. The number of rotatable bonds is 0. The van der Waals surface area contributed by atoms with E-state index in [0.717, 1.165) is 26.4 Å². The Balaban J connectivity index is 2.10. The number of nitrogens with one attached hydrogen (secondary N) is 1. The van der Waals surface area contributed by atoms with E-state index in [9.17, 15) is 0 Å². The largest absolute Gasteiger partial charge is 0.359 e. The van der Waals surface area contributed by atoms with Crippen LogP contribution in [0.1, 0.15) is 13.8 Å². The first-order valence-corrected chi connectivity index (χ1v) is 4.29. The average Bonchev–Trinajstić information content (AvgIpc) is 2.29. The predicted molar refractivity (Wildman–Crippen MR) is 43.4 cm³/mol. The summed E-state index contributed by atoms with van der Waals surface area (Å²) in [5.74, 6) is 0. The van der Waals surface area contributed by atoms with Crippen LogP contribution in [0.2, 0.25) is 0 Å². The molecule has 0 aromatic carbocycles. The lowest BCUT2D eigenvalue weighted by atomic mass is 9.97. The summed E-state index contributed by atoms with van der Waals surface area (Å²) in [5.41, 5.74) is 0.0490. The zero-order valence-electron chi connectivity index (χ0n) is 7.26. The SMILES string of the molecule is CC1(C)OCN2CCNCC21. The molecule has 2 aliphatic rings. The molecule has 2 aliphatic heterocycles. The van der Waals surface area contributed by atoms with Gasteiger partial charge in [-0.25, -0.2) is 0 Å². The summed E-state index contributed by atoms with van der Waals surface area (Å²) in [7, 11) is 0. The second-order valence-corrected chi connectivity index (χ2v) is 3.91. The maximum atomic E-state index is 5.67. The van der Waals surface area contributed by atoms with Crippen LogP contribution in [-0.4, -0.2) is 42.9 Å². The fourth-order valence-corrected chi connectivity index (χ4v) is 1.93. The van der Waals surface area contributed by atoms with E-state index in [-0.39, 0.29) is 5.60 Å². The molecule has 0 bridgehead atoms. The van der Waals surface area contributed by atoms with E-state index in [1.807, 2.05) is 0 Å². The Morgan fingerprint density at radius 3 is 3.09 bits per heavy atom. The van der Waals surface area contributed by atoms with Gasteiger partial charge in [0.25, 0.3) is 0 Å².